The number of phenolic OH excluding ortho intramolecular Hbond substituents is 1. The van der Waals surface area contributed by atoms with Crippen LogP contribution in [0.5, 0.6) is 11.5 Å². The van der Waals surface area contributed by atoms with E-state index < -0.39 is 0 Å². The first-order valence-electron chi connectivity index (χ1n) is 10.0. The Hall–Kier alpha value is -3.89. The van der Waals surface area contributed by atoms with Crippen molar-refractivity contribution in [2.24, 2.45) is 5.10 Å². The molecule has 0 aliphatic rings. The molecule has 174 valence electrons. The summed E-state index contributed by atoms with van der Waals surface area (Å²) in [5.74, 6) is 0.850. The smallest absolute Gasteiger partial charge is 0.257 e. The van der Waals surface area contributed by atoms with E-state index in [9.17, 15) is 5.11 Å². The van der Waals surface area contributed by atoms with E-state index in [1.807, 2.05) is 19.9 Å². The first-order chi connectivity index (χ1) is 16.3. The summed E-state index contributed by atoms with van der Waals surface area (Å²) in [6.07, 6.45) is 1.38. The molecule has 0 saturated heterocycles. The number of ether oxygens (including phenoxy) is 1. The zero-order valence-corrected chi connectivity index (χ0v) is 19.9. The Kier molecular flexibility index (Phi) is 6.80. The van der Waals surface area contributed by atoms with Gasteiger partial charge in [-0.15, -0.1) is 0 Å². The van der Waals surface area contributed by atoms with Gasteiger partial charge in [0, 0.05) is 33.1 Å². The maximum Gasteiger partial charge on any atom is 0.257 e. The largest absolute Gasteiger partial charge is 0.504 e. The van der Waals surface area contributed by atoms with E-state index in [1.54, 1.807) is 35.0 Å². The maximum absolute atomic E-state index is 10.3. The molecule has 34 heavy (non-hydrogen) atoms. The molecule has 0 unspecified atom stereocenters. The Morgan fingerprint density at radius 2 is 1.74 bits per heavy atom. The van der Waals surface area contributed by atoms with Gasteiger partial charge in [0.15, 0.2) is 11.5 Å². The number of methoxy groups -OCH3 is 1. The molecule has 12 heteroatoms. The summed E-state index contributed by atoms with van der Waals surface area (Å²) in [5, 5.41) is 23.0. The van der Waals surface area contributed by atoms with Crippen molar-refractivity contribution >= 4 is 47.0 Å². The molecule has 10 nitrogen and oxygen atoms in total. The van der Waals surface area contributed by atoms with Crippen molar-refractivity contribution in [3.05, 3.63) is 69.5 Å². The second-order valence-corrected chi connectivity index (χ2v) is 8.04. The van der Waals surface area contributed by atoms with Gasteiger partial charge in [-0.25, -0.2) is 10.1 Å². The van der Waals surface area contributed by atoms with Gasteiger partial charge in [0.05, 0.1) is 19.0 Å². The Morgan fingerprint density at radius 1 is 1.00 bits per heavy atom. The molecule has 0 atom stereocenters. The molecule has 0 saturated carbocycles. The van der Waals surface area contributed by atoms with Gasteiger partial charge in [-0.2, -0.15) is 25.2 Å². The number of benzene rings is 2. The number of hydrogen-bond acceptors (Lipinski definition) is 9. The van der Waals surface area contributed by atoms with Gasteiger partial charge in [0.25, 0.3) is 5.95 Å². The summed E-state index contributed by atoms with van der Waals surface area (Å²) in [6, 6.07) is 12.1. The van der Waals surface area contributed by atoms with Crippen LogP contribution in [-0.2, 0) is 0 Å². The summed E-state index contributed by atoms with van der Waals surface area (Å²) in [4.78, 5) is 13.3. The predicted octanol–water partition coefficient (Wildman–Crippen LogP) is 4.88. The van der Waals surface area contributed by atoms with Crippen LogP contribution in [0.25, 0.3) is 5.95 Å². The van der Waals surface area contributed by atoms with E-state index in [0.717, 1.165) is 17.1 Å². The van der Waals surface area contributed by atoms with Crippen molar-refractivity contribution in [3.63, 3.8) is 0 Å². The fourth-order valence-corrected chi connectivity index (χ4v) is 3.41. The molecule has 2 heterocycles. The molecule has 0 aliphatic carbocycles. The van der Waals surface area contributed by atoms with Crippen molar-refractivity contribution in [1.29, 1.82) is 0 Å². The molecule has 2 aromatic carbocycles. The molecule has 4 aromatic rings. The first-order valence-corrected chi connectivity index (χ1v) is 10.8. The molecule has 2 aromatic heterocycles. The number of hydrogen-bond donors (Lipinski definition) is 3. The number of rotatable bonds is 7. The highest BCUT2D eigenvalue weighted by molar-refractivity contribution is 6.31. The van der Waals surface area contributed by atoms with E-state index >= 15 is 0 Å². The fourth-order valence-electron chi connectivity index (χ4n) is 3.07. The number of aryl methyl sites for hydroxylation is 2. The van der Waals surface area contributed by atoms with Crippen LogP contribution in [-0.4, -0.2) is 43.2 Å². The van der Waals surface area contributed by atoms with E-state index in [-0.39, 0.29) is 23.4 Å². The number of aromatic nitrogens is 5. The van der Waals surface area contributed by atoms with E-state index in [2.05, 4.69) is 35.9 Å². The van der Waals surface area contributed by atoms with Crippen molar-refractivity contribution < 1.29 is 9.84 Å². The van der Waals surface area contributed by atoms with Crippen molar-refractivity contribution in [3.8, 4) is 17.4 Å². The Bertz CT molecular complexity index is 1360. The fraction of sp³-hybridized carbons (Fsp3) is 0.136. The number of hydrazone groups is 1. The third-order valence-corrected chi connectivity index (χ3v) is 5.05. The summed E-state index contributed by atoms with van der Waals surface area (Å²) in [6.45, 7) is 3.78. The van der Waals surface area contributed by atoms with Crippen LogP contribution < -0.4 is 15.5 Å². The van der Waals surface area contributed by atoms with Gasteiger partial charge in [-0.3, -0.25) is 0 Å². The molecule has 3 N–H and O–H groups in total. The van der Waals surface area contributed by atoms with Crippen LogP contribution in [0, 0.1) is 13.8 Å². The minimum absolute atomic E-state index is 0.0958. The van der Waals surface area contributed by atoms with Crippen LogP contribution in [0.3, 0.4) is 0 Å². The van der Waals surface area contributed by atoms with Gasteiger partial charge in [0.2, 0.25) is 11.9 Å². The third-order valence-electron chi connectivity index (χ3n) is 4.58. The molecule has 0 bridgehead atoms. The Balaban J connectivity index is 1.66. The molecule has 0 amide bonds. The number of nitrogens with one attached hydrogen (secondary N) is 2. The van der Waals surface area contributed by atoms with Crippen molar-refractivity contribution in [1.82, 2.24) is 24.7 Å². The molecular weight excluding hydrogens is 479 g/mol. The van der Waals surface area contributed by atoms with Crippen LogP contribution in [0.15, 0.2) is 47.6 Å². The van der Waals surface area contributed by atoms with Crippen LogP contribution >= 0.6 is 23.2 Å². The molecule has 4 rings (SSSR count). The van der Waals surface area contributed by atoms with Gasteiger partial charge >= 0.3 is 0 Å². The van der Waals surface area contributed by atoms with Gasteiger partial charge in [-0.1, -0.05) is 23.2 Å². The monoisotopic (exact) mass is 498 g/mol. The summed E-state index contributed by atoms with van der Waals surface area (Å²) < 4.78 is 6.72. The zero-order chi connectivity index (χ0) is 24.2. The second kappa shape index (κ2) is 9.94. The van der Waals surface area contributed by atoms with E-state index in [1.165, 1.54) is 19.4 Å². The minimum Gasteiger partial charge on any atom is -0.504 e. The number of anilines is 3. The second-order valence-electron chi connectivity index (χ2n) is 7.17. The van der Waals surface area contributed by atoms with Gasteiger partial charge < -0.3 is 15.2 Å². The van der Waals surface area contributed by atoms with Crippen LogP contribution in [0.2, 0.25) is 10.0 Å². The van der Waals surface area contributed by atoms with Gasteiger partial charge in [-0.05, 0) is 50.2 Å². The standard InChI is InChI=1S/C22H20Cl2N8O2/c1-12-8-13(2)32(31-12)22-28-20(26-17-6-4-15(23)5-7-17)27-21(29-22)30-25-11-14-9-16(24)10-18(34-3)19(14)33/h4-11,33H,1-3H3,(H2,26,27,28,29,30)/b25-11-. The molecule has 0 aliphatic heterocycles. The van der Waals surface area contributed by atoms with Gasteiger partial charge in [0.1, 0.15) is 0 Å². The van der Waals surface area contributed by atoms with E-state index in [0.29, 0.717) is 21.6 Å². The lowest BCUT2D eigenvalue weighted by Crippen LogP contribution is -2.11. The highest BCUT2D eigenvalue weighted by Crippen LogP contribution is 2.32. The number of aromatic hydroxyl groups is 1. The minimum atomic E-state index is -0.0958. The summed E-state index contributed by atoms with van der Waals surface area (Å²) >= 11 is 12.0. The molecule has 0 radical (unpaired) electrons. The third kappa shape index (κ3) is 5.36. The van der Waals surface area contributed by atoms with Crippen LogP contribution in [0.4, 0.5) is 17.6 Å². The predicted molar refractivity (Wildman–Crippen MR) is 132 cm³/mol. The van der Waals surface area contributed by atoms with Crippen molar-refractivity contribution in [2.45, 2.75) is 13.8 Å². The SMILES string of the molecule is COc1cc(Cl)cc(/C=N\Nc2nc(Nc3ccc(Cl)cc3)nc(-n3nc(C)cc3C)n2)c1O. The number of phenols is 1. The van der Waals surface area contributed by atoms with Crippen LogP contribution in [0.1, 0.15) is 17.0 Å². The Labute approximate surface area is 205 Å². The lowest BCUT2D eigenvalue weighted by Gasteiger charge is -2.10. The summed E-state index contributed by atoms with van der Waals surface area (Å²) in [5.41, 5.74) is 5.52. The number of nitrogens with zero attached hydrogens (tertiary/aromatic N) is 6. The normalized spacial score (nSPS) is 11.1. The average Bonchev–Trinajstić information content (AvgIpc) is 3.15. The highest BCUT2D eigenvalue weighted by Gasteiger charge is 2.13. The highest BCUT2D eigenvalue weighted by atomic mass is 35.5. The lowest BCUT2D eigenvalue weighted by atomic mass is 10.2. The maximum atomic E-state index is 10.3. The topological polar surface area (TPSA) is 122 Å². The lowest BCUT2D eigenvalue weighted by molar-refractivity contribution is 0.373. The zero-order valence-electron chi connectivity index (χ0n) is 18.4. The van der Waals surface area contributed by atoms with Crippen molar-refractivity contribution in [2.75, 3.05) is 17.9 Å². The first kappa shape index (κ1) is 23.3. The number of halogens is 2. The van der Waals surface area contributed by atoms with E-state index in [4.69, 9.17) is 27.9 Å². The average molecular weight is 499 g/mol. The molecular formula is C22H20Cl2N8O2. The quantitative estimate of drug-likeness (QED) is 0.243. The Morgan fingerprint density at radius 3 is 2.41 bits per heavy atom. The molecule has 0 spiro atoms. The molecule has 0 fully saturated rings. The summed E-state index contributed by atoms with van der Waals surface area (Å²) in [7, 11) is 1.44.